The lowest BCUT2D eigenvalue weighted by molar-refractivity contribution is 0.0511. The van der Waals surface area contributed by atoms with E-state index in [0.717, 1.165) is 12.0 Å². The van der Waals surface area contributed by atoms with Crippen molar-refractivity contribution in [1.29, 1.82) is 0 Å². The molecule has 0 bridgehead atoms. The number of ether oxygens (including phenoxy) is 1. The average molecular weight is 315 g/mol. The second-order valence-corrected chi connectivity index (χ2v) is 6.51. The van der Waals surface area contributed by atoms with Crippen LogP contribution in [0.25, 0.3) is 0 Å². The normalized spacial score (nSPS) is 33.6. The molecule has 1 aromatic rings. The molecule has 0 saturated carbocycles. The van der Waals surface area contributed by atoms with Gasteiger partial charge in [-0.05, 0) is 43.9 Å². The summed E-state index contributed by atoms with van der Waals surface area (Å²) in [5.74, 6) is 0.838. The molecule has 5 atom stereocenters. The van der Waals surface area contributed by atoms with E-state index in [9.17, 15) is 4.39 Å². The topological polar surface area (TPSA) is 9.23 Å². The van der Waals surface area contributed by atoms with E-state index in [0.29, 0.717) is 22.8 Å². The van der Waals surface area contributed by atoms with Crippen LogP contribution in [-0.4, -0.2) is 17.0 Å². The summed E-state index contributed by atoms with van der Waals surface area (Å²) in [5.41, 5.74) is 1.04. The zero-order chi connectivity index (χ0) is 13.3. The maximum atomic E-state index is 13.2. The molecule has 3 heteroatoms. The molecule has 0 N–H and O–H groups in total. The zero-order valence-corrected chi connectivity index (χ0v) is 12.7. The fourth-order valence-corrected chi connectivity index (χ4v) is 4.23. The molecule has 0 radical (unpaired) electrons. The minimum atomic E-state index is -0.163. The number of alkyl halides is 1. The lowest BCUT2D eigenvalue weighted by Crippen LogP contribution is -2.28. The summed E-state index contributed by atoms with van der Waals surface area (Å²) >= 11 is 3.77. The van der Waals surface area contributed by atoms with Crippen LogP contribution < -0.4 is 0 Å². The SMILES string of the molecule is CC1OC(C)C(C(Br)Cc2cccc(F)c2)C1C. The van der Waals surface area contributed by atoms with E-state index in [2.05, 4.69) is 36.7 Å². The summed E-state index contributed by atoms with van der Waals surface area (Å²) < 4.78 is 19.0. The second-order valence-electron chi connectivity index (χ2n) is 5.33. The molecule has 18 heavy (non-hydrogen) atoms. The molecule has 1 aliphatic heterocycles. The van der Waals surface area contributed by atoms with Crippen molar-refractivity contribution in [3.05, 3.63) is 35.6 Å². The van der Waals surface area contributed by atoms with E-state index in [-0.39, 0.29) is 11.9 Å². The minimum absolute atomic E-state index is 0.163. The van der Waals surface area contributed by atoms with E-state index < -0.39 is 0 Å². The largest absolute Gasteiger partial charge is 0.375 e. The van der Waals surface area contributed by atoms with E-state index >= 15 is 0 Å². The predicted octanol–water partition coefficient (Wildman–Crippen LogP) is 4.19. The summed E-state index contributed by atoms with van der Waals surface area (Å²) in [5, 5.41) is 0. The molecule has 1 heterocycles. The van der Waals surface area contributed by atoms with Crippen molar-refractivity contribution in [2.24, 2.45) is 11.8 Å². The van der Waals surface area contributed by atoms with E-state index in [1.807, 2.05) is 6.07 Å². The van der Waals surface area contributed by atoms with Gasteiger partial charge in [0.2, 0.25) is 0 Å². The first-order chi connectivity index (χ1) is 8.49. The third kappa shape index (κ3) is 2.94. The summed E-state index contributed by atoms with van der Waals surface area (Å²) in [6, 6.07) is 6.85. The van der Waals surface area contributed by atoms with Gasteiger partial charge >= 0.3 is 0 Å². The summed E-state index contributed by atoms with van der Waals surface area (Å²) in [4.78, 5) is 0.328. The third-order valence-corrected chi connectivity index (χ3v) is 4.99. The first-order valence-corrected chi connectivity index (χ1v) is 7.44. The number of hydrogen-bond donors (Lipinski definition) is 0. The first-order valence-electron chi connectivity index (χ1n) is 6.53. The fraction of sp³-hybridized carbons (Fsp3) is 0.600. The van der Waals surface area contributed by atoms with Gasteiger partial charge in [-0.15, -0.1) is 0 Å². The highest BCUT2D eigenvalue weighted by atomic mass is 79.9. The van der Waals surface area contributed by atoms with Gasteiger partial charge in [0.25, 0.3) is 0 Å². The van der Waals surface area contributed by atoms with Gasteiger partial charge in [0, 0.05) is 10.7 Å². The third-order valence-electron chi connectivity index (χ3n) is 4.06. The summed E-state index contributed by atoms with van der Waals surface area (Å²) in [6.45, 7) is 6.49. The van der Waals surface area contributed by atoms with Crippen LogP contribution in [0.4, 0.5) is 4.39 Å². The van der Waals surface area contributed by atoms with Gasteiger partial charge in [-0.25, -0.2) is 4.39 Å². The molecule has 1 nitrogen and oxygen atoms in total. The van der Waals surface area contributed by atoms with E-state index in [4.69, 9.17) is 4.74 Å². The van der Waals surface area contributed by atoms with Gasteiger partial charge in [-0.2, -0.15) is 0 Å². The molecule has 1 aliphatic rings. The molecular weight excluding hydrogens is 295 g/mol. The standard InChI is InChI=1S/C15H20BrFO/c1-9-10(2)18-11(3)15(9)14(16)8-12-5-4-6-13(17)7-12/h4-7,9-11,14-15H,8H2,1-3H3. The molecule has 0 amide bonds. The smallest absolute Gasteiger partial charge is 0.123 e. The Balaban J connectivity index is 2.06. The molecule has 1 saturated heterocycles. The maximum absolute atomic E-state index is 13.2. The lowest BCUT2D eigenvalue weighted by atomic mass is 9.85. The Morgan fingerprint density at radius 3 is 2.56 bits per heavy atom. The molecule has 1 aromatic carbocycles. The summed E-state index contributed by atoms with van der Waals surface area (Å²) in [7, 11) is 0. The molecule has 0 spiro atoms. The Morgan fingerprint density at radius 2 is 2.00 bits per heavy atom. The van der Waals surface area contributed by atoms with Crippen LogP contribution in [0.1, 0.15) is 26.3 Å². The Labute approximate surface area is 117 Å². The lowest BCUT2D eigenvalue weighted by Gasteiger charge is -2.24. The van der Waals surface area contributed by atoms with Crippen LogP contribution in [0.5, 0.6) is 0 Å². The van der Waals surface area contributed by atoms with Gasteiger partial charge in [-0.3, -0.25) is 0 Å². The molecule has 0 aliphatic carbocycles. The van der Waals surface area contributed by atoms with Gasteiger partial charge < -0.3 is 4.74 Å². The van der Waals surface area contributed by atoms with Crippen LogP contribution in [0.2, 0.25) is 0 Å². The number of benzene rings is 1. The first kappa shape index (κ1) is 14.0. The molecule has 5 unspecified atom stereocenters. The van der Waals surface area contributed by atoms with Crippen molar-refractivity contribution in [3.8, 4) is 0 Å². The molecular formula is C15H20BrFO. The quantitative estimate of drug-likeness (QED) is 0.760. The van der Waals surface area contributed by atoms with Crippen molar-refractivity contribution in [2.45, 2.75) is 44.2 Å². The fourth-order valence-electron chi connectivity index (χ4n) is 2.94. The highest BCUT2D eigenvalue weighted by Gasteiger charge is 2.40. The molecule has 1 fully saturated rings. The maximum Gasteiger partial charge on any atom is 0.123 e. The minimum Gasteiger partial charge on any atom is -0.375 e. The Morgan fingerprint density at radius 1 is 1.28 bits per heavy atom. The van der Waals surface area contributed by atoms with Crippen LogP contribution in [0.15, 0.2) is 24.3 Å². The Hall–Kier alpha value is -0.410. The van der Waals surface area contributed by atoms with Gasteiger partial charge in [0.1, 0.15) is 5.82 Å². The van der Waals surface area contributed by atoms with Crippen LogP contribution in [0.3, 0.4) is 0 Å². The molecule has 0 aromatic heterocycles. The molecule has 100 valence electrons. The van der Waals surface area contributed by atoms with E-state index in [1.54, 1.807) is 12.1 Å². The van der Waals surface area contributed by atoms with Gasteiger partial charge in [0.05, 0.1) is 12.2 Å². The van der Waals surface area contributed by atoms with Crippen LogP contribution >= 0.6 is 15.9 Å². The predicted molar refractivity (Wildman–Crippen MR) is 75.5 cm³/mol. The van der Waals surface area contributed by atoms with Crippen molar-refractivity contribution in [1.82, 2.24) is 0 Å². The average Bonchev–Trinajstić information content (AvgIpc) is 2.53. The van der Waals surface area contributed by atoms with E-state index in [1.165, 1.54) is 6.07 Å². The highest BCUT2D eigenvalue weighted by molar-refractivity contribution is 9.09. The molecule has 2 rings (SSSR count). The van der Waals surface area contributed by atoms with Crippen LogP contribution in [-0.2, 0) is 11.2 Å². The number of rotatable bonds is 3. The number of halogens is 2. The van der Waals surface area contributed by atoms with Gasteiger partial charge in [0.15, 0.2) is 0 Å². The van der Waals surface area contributed by atoms with Crippen molar-refractivity contribution in [3.63, 3.8) is 0 Å². The van der Waals surface area contributed by atoms with Crippen molar-refractivity contribution < 1.29 is 9.13 Å². The second kappa shape index (κ2) is 5.70. The number of hydrogen-bond acceptors (Lipinski definition) is 1. The van der Waals surface area contributed by atoms with Gasteiger partial charge in [-0.1, -0.05) is 35.0 Å². The van der Waals surface area contributed by atoms with Crippen molar-refractivity contribution >= 4 is 15.9 Å². The Kier molecular flexibility index (Phi) is 4.44. The van der Waals surface area contributed by atoms with Crippen molar-refractivity contribution in [2.75, 3.05) is 0 Å². The van der Waals surface area contributed by atoms with Crippen LogP contribution in [0, 0.1) is 17.7 Å². The monoisotopic (exact) mass is 314 g/mol. The zero-order valence-electron chi connectivity index (χ0n) is 11.1. The Bertz CT molecular complexity index is 409. The highest BCUT2D eigenvalue weighted by Crippen LogP contribution is 2.38. The summed E-state index contributed by atoms with van der Waals surface area (Å²) in [6.07, 6.45) is 1.40.